The van der Waals surface area contributed by atoms with E-state index >= 15 is 0 Å². The highest BCUT2D eigenvalue weighted by molar-refractivity contribution is 9.10. The van der Waals surface area contributed by atoms with Crippen LogP contribution in [-0.2, 0) is 4.79 Å². The van der Waals surface area contributed by atoms with Crippen molar-refractivity contribution in [2.24, 2.45) is 5.10 Å². The van der Waals surface area contributed by atoms with Gasteiger partial charge in [0.1, 0.15) is 0 Å². The zero-order chi connectivity index (χ0) is 23.9. The first-order chi connectivity index (χ1) is 16.5. The number of hydrogen-bond donors (Lipinski definition) is 1. The second-order valence-corrected chi connectivity index (χ2v) is 8.61. The Hall–Kier alpha value is -3.90. The maximum absolute atomic E-state index is 12.3. The van der Waals surface area contributed by atoms with Crippen LogP contribution < -0.4 is 5.43 Å². The SMILES string of the molecule is O=C(CSc1nnc(-c2ccncc2)n1-c1ccc(Br)cc1)N/N=C\c1ccccc1[N+](=O)[O-]. The molecule has 2 aromatic heterocycles. The minimum Gasteiger partial charge on any atom is -0.272 e. The molecule has 170 valence electrons. The highest BCUT2D eigenvalue weighted by Gasteiger charge is 2.17. The molecule has 0 spiro atoms. The normalized spacial score (nSPS) is 11.0. The zero-order valence-corrected chi connectivity index (χ0v) is 19.8. The molecular formula is C22H16BrN7O3S. The minimum atomic E-state index is -0.506. The number of hydrogen-bond acceptors (Lipinski definition) is 8. The first-order valence-corrected chi connectivity index (χ1v) is 11.6. The van der Waals surface area contributed by atoms with Gasteiger partial charge in [-0.25, -0.2) is 5.43 Å². The standard InChI is InChI=1S/C22H16BrN7O3S/c23-17-5-7-18(8-6-17)29-21(15-9-11-24-12-10-15)27-28-22(29)34-14-20(31)26-25-13-16-3-1-2-4-19(16)30(32)33/h1-13H,14H2,(H,26,31)/b25-13-. The number of hydrazone groups is 1. The number of benzene rings is 2. The molecule has 2 heterocycles. The molecule has 0 unspecified atom stereocenters. The van der Waals surface area contributed by atoms with E-state index in [1.807, 2.05) is 41.0 Å². The third kappa shape index (κ3) is 5.53. The number of aromatic nitrogens is 4. The minimum absolute atomic E-state index is 0.0131. The number of nitrogens with one attached hydrogen (secondary N) is 1. The van der Waals surface area contributed by atoms with E-state index in [-0.39, 0.29) is 17.0 Å². The molecule has 2 aromatic carbocycles. The molecule has 0 radical (unpaired) electrons. The van der Waals surface area contributed by atoms with E-state index in [1.54, 1.807) is 30.6 Å². The number of thioether (sulfide) groups is 1. The maximum Gasteiger partial charge on any atom is 0.278 e. The molecule has 0 bridgehead atoms. The van der Waals surface area contributed by atoms with E-state index in [1.165, 1.54) is 24.0 Å². The first-order valence-electron chi connectivity index (χ1n) is 9.83. The fraction of sp³-hybridized carbons (Fsp3) is 0.0455. The molecule has 10 nitrogen and oxygen atoms in total. The molecule has 1 amide bonds. The third-order valence-corrected chi connectivity index (χ3v) is 5.97. The Morgan fingerprint density at radius 1 is 1.12 bits per heavy atom. The molecule has 34 heavy (non-hydrogen) atoms. The lowest BCUT2D eigenvalue weighted by Gasteiger charge is -2.10. The molecule has 0 aliphatic rings. The van der Waals surface area contributed by atoms with E-state index < -0.39 is 10.8 Å². The van der Waals surface area contributed by atoms with Gasteiger partial charge in [-0.1, -0.05) is 39.8 Å². The Morgan fingerprint density at radius 3 is 2.59 bits per heavy atom. The number of carbonyl (C=O) groups is 1. The van der Waals surface area contributed by atoms with E-state index in [9.17, 15) is 14.9 Å². The summed E-state index contributed by atoms with van der Waals surface area (Å²) in [6.07, 6.45) is 4.59. The fourth-order valence-corrected chi connectivity index (χ4v) is 3.98. The lowest BCUT2D eigenvalue weighted by atomic mass is 10.2. The first kappa shape index (κ1) is 23.3. The molecule has 12 heteroatoms. The van der Waals surface area contributed by atoms with Crippen LogP contribution in [0.25, 0.3) is 17.1 Å². The summed E-state index contributed by atoms with van der Waals surface area (Å²) in [5.74, 6) is 0.233. The highest BCUT2D eigenvalue weighted by atomic mass is 79.9. The van der Waals surface area contributed by atoms with Gasteiger partial charge in [-0.15, -0.1) is 10.2 Å². The van der Waals surface area contributed by atoms with Crippen molar-refractivity contribution in [3.8, 4) is 17.1 Å². The van der Waals surface area contributed by atoms with Gasteiger partial charge in [0.25, 0.3) is 11.6 Å². The van der Waals surface area contributed by atoms with Gasteiger partial charge in [0, 0.05) is 34.2 Å². The van der Waals surface area contributed by atoms with Crippen LogP contribution in [0.3, 0.4) is 0 Å². The second-order valence-electron chi connectivity index (χ2n) is 6.75. The summed E-state index contributed by atoms with van der Waals surface area (Å²) in [6.45, 7) is 0. The molecule has 0 atom stereocenters. The van der Waals surface area contributed by atoms with Gasteiger partial charge < -0.3 is 0 Å². The van der Waals surface area contributed by atoms with Crippen molar-refractivity contribution in [1.29, 1.82) is 0 Å². The summed E-state index contributed by atoms with van der Waals surface area (Å²) in [5, 5.41) is 24.0. The predicted molar refractivity (Wildman–Crippen MR) is 132 cm³/mol. The van der Waals surface area contributed by atoms with Gasteiger partial charge in [-0.2, -0.15) is 5.10 Å². The Labute approximate surface area is 206 Å². The average molecular weight is 538 g/mol. The van der Waals surface area contributed by atoms with Crippen molar-refractivity contribution in [3.05, 3.63) is 93.2 Å². The smallest absolute Gasteiger partial charge is 0.272 e. The lowest BCUT2D eigenvalue weighted by Crippen LogP contribution is -2.20. The summed E-state index contributed by atoms with van der Waals surface area (Å²) in [5.41, 5.74) is 4.24. The van der Waals surface area contributed by atoms with Crippen molar-refractivity contribution < 1.29 is 9.72 Å². The summed E-state index contributed by atoms with van der Waals surface area (Å²) in [4.78, 5) is 27.0. The fourth-order valence-electron chi connectivity index (χ4n) is 2.97. The van der Waals surface area contributed by atoms with Crippen LogP contribution in [0.5, 0.6) is 0 Å². The largest absolute Gasteiger partial charge is 0.278 e. The number of nitro benzene ring substituents is 1. The summed E-state index contributed by atoms with van der Waals surface area (Å²) in [7, 11) is 0. The molecule has 1 N–H and O–H groups in total. The van der Waals surface area contributed by atoms with Crippen LogP contribution in [0.1, 0.15) is 5.56 Å². The molecule has 4 aromatic rings. The van der Waals surface area contributed by atoms with Crippen LogP contribution >= 0.6 is 27.7 Å². The number of carbonyl (C=O) groups excluding carboxylic acids is 1. The summed E-state index contributed by atoms with van der Waals surface area (Å²) < 4.78 is 2.79. The van der Waals surface area contributed by atoms with E-state index in [0.717, 1.165) is 15.7 Å². The summed E-state index contributed by atoms with van der Waals surface area (Å²) >= 11 is 4.63. The van der Waals surface area contributed by atoms with Crippen molar-refractivity contribution in [2.45, 2.75) is 5.16 Å². The van der Waals surface area contributed by atoms with Gasteiger partial charge in [0.05, 0.1) is 22.5 Å². The summed E-state index contributed by atoms with van der Waals surface area (Å²) in [6, 6.07) is 17.4. The number of pyridine rings is 1. The van der Waals surface area contributed by atoms with Gasteiger partial charge >= 0.3 is 0 Å². The number of nitro groups is 1. The van der Waals surface area contributed by atoms with Gasteiger partial charge in [0.15, 0.2) is 11.0 Å². The van der Waals surface area contributed by atoms with Crippen molar-refractivity contribution in [1.82, 2.24) is 25.2 Å². The molecule has 0 aliphatic carbocycles. The van der Waals surface area contributed by atoms with E-state index in [4.69, 9.17) is 0 Å². The van der Waals surface area contributed by atoms with Crippen LogP contribution in [-0.4, -0.2) is 42.5 Å². The van der Waals surface area contributed by atoms with Crippen LogP contribution in [0.15, 0.2) is 87.8 Å². The van der Waals surface area contributed by atoms with Crippen molar-refractivity contribution in [3.63, 3.8) is 0 Å². The molecule has 0 fully saturated rings. The van der Waals surface area contributed by atoms with Crippen molar-refractivity contribution in [2.75, 3.05) is 5.75 Å². The predicted octanol–water partition coefficient (Wildman–Crippen LogP) is 4.24. The Balaban J connectivity index is 1.50. The molecule has 0 saturated heterocycles. The van der Waals surface area contributed by atoms with Crippen molar-refractivity contribution >= 4 is 45.5 Å². The number of nitrogens with zero attached hydrogens (tertiary/aromatic N) is 6. The van der Waals surface area contributed by atoms with E-state index in [0.29, 0.717) is 11.0 Å². The Morgan fingerprint density at radius 2 is 1.85 bits per heavy atom. The monoisotopic (exact) mass is 537 g/mol. The van der Waals surface area contributed by atoms with Gasteiger partial charge in [0.2, 0.25) is 0 Å². The third-order valence-electron chi connectivity index (χ3n) is 4.52. The number of halogens is 1. The van der Waals surface area contributed by atoms with Crippen LogP contribution in [0.4, 0.5) is 5.69 Å². The quantitative estimate of drug-likeness (QED) is 0.154. The van der Waals surface area contributed by atoms with E-state index in [2.05, 4.69) is 41.6 Å². The van der Waals surface area contributed by atoms with Crippen LogP contribution in [0, 0.1) is 10.1 Å². The number of rotatable bonds is 8. The van der Waals surface area contributed by atoms with Crippen LogP contribution in [0.2, 0.25) is 0 Å². The highest BCUT2D eigenvalue weighted by Crippen LogP contribution is 2.28. The number of para-hydroxylation sites is 1. The lowest BCUT2D eigenvalue weighted by molar-refractivity contribution is -0.385. The Kier molecular flexibility index (Phi) is 7.40. The molecule has 0 aliphatic heterocycles. The molecule has 4 rings (SSSR count). The zero-order valence-electron chi connectivity index (χ0n) is 17.4. The topological polar surface area (TPSA) is 128 Å². The Bertz CT molecular complexity index is 1340. The number of amides is 1. The molecule has 0 saturated carbocycles. The average Bonchev–Trinajstić information content (AvgIpc) is 3.28. The maximum atomic E-state index is 12.3. The second kappa shape index (κ2) is 10.8. The van der Waals surface area contributed by atoms with Gasteiger partial charge in [-0.05, 0) is 42.5 Å². The molecular weight excluding hydrogens is 522 g/mol. The van der Waals surface area contributed by atoms with Gasteiger partial charge in [-0.3, -0.25) is 24.5 Å².